The van der Waals surface area contributed by atoms with Gasteiger partial charge in [-0.1, -0.05) is 12.8 Å². The number of nitrogens with zero attached hydrogens (tertiary/aromatic N) is 1. The van der Waals surface area contributed by atoms with Gasteiger partial charge in [0.2, 0.25) is 0 Å². The van der Waals surface area contributed by atoms with Gasteiger partial charge in [0.1, 0.15) is 6.29 Å². The molecular formula is C12H21NO2. The Labute approximate surface area is 91.5 Å². The topological polar surface area (TPSA) is 40.5 Å². The lowest BCUT2D eigenvalue weighted by atomic mass is 9.87. The Morgan fingerprint density at radius 3 is 2.47 bits per heavy atom. The van der Waals surface area contributed by atoms with Gasteiger partial charge in [-0.2, -0.15) is 0 Å². The Morgan fingerprint density at radius 1 is 1.33 bits per heavy atom. The van der Waals surface area contributed by atoms with Crippen LogP contribution in [0.25, 0.3) is 0 Å². The van der Waals surface area contributed by atoms with E-state index in [4.69, 9.17) is 5.11 Å². The van der Waals surface area contributed by atoms with E-state index in [9.17, 15) is 4.79 Å². The molecule has 0 aromatic carbocycles. The summed E-state index contributed by atoms with van der Waals surface area (Å²) in [6, 6.07) is 0.648. The second kappa shape index (κ2) is 4.62. The molecule has 86 valence electrons. The van der Waals surface area contributed by atoms with Crippen molar-refractivity contribution in [2.24, 2.45) is 5.41 Å². The molecule has 0 aromatic rings. The van der Waals surface area contributed by atoms with Crippen molar-refractivity contribution in [1.29, 1.82) is 0 Å². The van der Waals surface area contributed by atoms with Crippen LogP contribution in [0.4, 0.5) is 0 Å². The van der Waals surface area contributed by atoms with Crippen LogP contribution < -0.4 is 0 Å². The highest BCUT2D eigenvalue weighted by atomic mass is 16.3. The predicted octanol–water partition coefficient (Wildman–Crippen LogP) is 1.20. The van der Waals surface area contributed by atoms with Crippen molar-refractivity contribution in [2.75, 3.05) is 19.7 Å². The highest BCUT2D eigenvalue weighted by Crippen LogP contribution is 2.39. The molecule has 2 fully saturated rings. The molecule has 15 heavy (non-hydrogen) atoms. The number of aliphatic hydroxyl groups is 1. The second-order valence-corrected chi connectivity index (χ2v) is 5.11. The summed E-state index contributed by atoms with van der Waals surface area (Å²) in [6.07, 6.45) is 8.14. The summed E-state index contributed by atoms with van der Waals surface area (Å²) in [6.45, 7) is 1.83. The van der Waals surface area contributed by atoms with Gasteiger partial charge < -0.3 is 9.90 Å². The zero-order chi connectivity index (χ0) is 10.7. The third-order valence-corrected chi connectivity index (χ3v) is 3.82. The van der Waals surface area contributed by atoms with Gasteiger partial charge in [-0.3, -0.25) is 4.90 Å². The van der Waals surface area contributed by atoms with E-state index in [0.29, 0.717) is 6.04 Å². The number of hydrogen-bond donors (Lipinski definition) is 1. The molecule has 0 saturated heterocycles. The van der Waals surface area contributed by atoms with Crippen LogP contribution in [0.5, 0.6) is 0 Å². The van der Waals surface area contributed by atoms with Crippen molar-refractivity contribution in [3.8, 4) is 0 Å². The molecule has 0 bridgehead atoms. The molecule has 1 N–H and O–H groups in total. The van der Waals surface area contributed by atoms with Crippen LogP contribution in [0.15, 0.2) is 0 Å². The van der Waals surface area contributed by atoms with E-state index in [0.717, 1.165) is 25.9 Å². The fourth-order valence-corrected chi connectivity index (χ4v) is 2.76. The summed E-state index contributed by atoms with van der Waals surface area (Å²) in [4.78, 5) is 13.5. The van der Waals surface area contributed by atoms with Crippen LogP contribution in [-0.2, 0) is 4.79 Å². The third kappa shape index (κ3) is 2.58. The minimum absolute atomic E-state index is 0.0856. The van der Waals surface area contributed by atoms with Gasteiger partial charge in [-0.25, -0.2) is 0 Å². The van der Waals surface area contributed by atoms with Crippen LogP contribution in [-0.4, -0.2) is 42.0 Å². The average Bonchev–Trinajstić information content (AvgIpc) is 3.00. The summed E-state index contributed by atoms with van der Waals surface area (Å²) in [5.41, 5.74) is -0.0856. The SMILES string of the molecule is O=CC1(CN(CCO)C2CC2)CCCC1. The standard InChI is InChI=1S/C12H21NO2/c14-8-7-13(11-3-4-11)9-12(10-15)5-1-2-6-12/h10-11,14H,1-9H2. The number of carbonyl (C=O) groups excluding carboxylic acids is 1. The van der Waals surface area contributed by atoms with Gasteiger partial charge in [0, 0.05) is 24.5 Å². The number of hydrogen-bond acceptors (Lipinski definition) is 3. The summed E-state index contributed by atoms with van der Waals surface area (Å²) >= 11 is 0. The van der Waals surface area contributed by atoms with Crippen molar-refractivity contribution in [3.63, 3.8) is 0 Å². The molecule has 2 aliphatic rings. The van der Waals surface area contributed by atoms with Gasteiger partial charge in [0.15, 0.2) is 0 Å². The molecule has 0 aromatic heterocycles. The fourth-order valence-electron chi connectivity index (χ4n) is 2.76. The molecule has 3 heteroatoms. The fraction of sp³-hybridized carbons (Fsp3) is 0.917. The van der Waals surface area contributed by atoms with Crippen molar-refractivity contribution >= 4 is 6.29 Å². The molecule has 0 amide bonds. The Kier molecular flexibility index (Phi) is 3.42. The predicted molar refractivity (Wildman–Crippen MR) is 58.6 cm³/mol. The van der Waals surface area contributed by atoms with Crippen LogP contribution in [0.1, 0.15) is 38.5 Å². The molecule has 0 spiro atoms. The number of aldehydes is 1. The van der Waals surface area contributed by atoms with Crippen molar-refractivity contribution in [2.45, 2.75) is 44.6 Å². The van der Waals surface area contributed by atoms with Gasteiger partial charge >= 0.3 is 0 Å². The Morgan fingerprint density at radius 2 is 2.00 bits per heavy atom. The van der Waals surface area contributed by atoms with E-state index in [1.807, 2.05) is 0 Å². The van der Waals surface area contributed by atoms with Crippen LogP contribution in [0, 0.1) is 5.41 Å². The molecule has 2 aliphatic carbocycles. The first-order chi connectivity index (χ1) is 7.29. The van der Waals surface area contributed by atoms with E-state index in [2.05, 4.69) is 4.90 Å². The minimum atomic E-state index is -0.0856. The highest BCUT2D eigenvalue weighted by molar-refractivity contribution is 5.60. The quantitative estimate of drug-likeness (QED) is 0.671. The zero-order valence-corrected chi connectivity index (χ0v) is 9.32. The number of aliphatic hydroxyl groups excluding tert-OH is 1. The zero-order valence-electron chi connectivity index (χ0n) is 9.32. The largest absolute Gasteiger partial charge is 0.395 e. The van der Waals surface area contributed by atoms with Crippen LogP contribution in [0.2, 0.25) is 0 Å². The Hall–Kier alpha value is -0.410. The lowest BCUT2D eigenvalue weighted by Gasteiger charge is -2.30. The first kappa shape index (κ1) is 11.1. The molecular weight excluding hydrogens is 190 g/mol. The number of carbonyl (C=O) groups is 1. The van der Waals surface area contributed by atoms with Crippen molar-refractivity contribution in [1.82, 2.24) is 4.90 Å². The van der Waals surface area contributed by atoms with Gasteiger partial charge in [-0.15, -0.1) is 0 Å². The Balaban J connectivity index is 1.93. The lowest BCUT2D eigenvalue weighted by molar-refractivity contribution is -0.117. The van der Waals surface area contributed by atoms with E-state index in [1.54, 1.807) is 0 Å². The molecule has 2 saturated carbocycles. The molecule has 0 heterocycles. The van der Waals surface area contributed by atoms with Crippen LogP contribution in [0.3, 0.4) is 0 Å². The smallest absolute Gasteiger partial charge is 0.127 e. The minimum Gasteiger partial charge on any atom is -0.395 e. The molecule has 0 aliphatic heterocycles. The summed E-state index contributed by atoms with van der Waals surface area (Å²) in [5, 5.41) is 9.01. The monoisotopic (exact) mass is 211 g/mol. The van der Waals surface area contributed by atoms with Gasteiger partial charge in [-0.05, 0) is 25.7 Å². The van der Waals surface area contributed by atoms with Gasteiger partial charge in [0.05, 0.1) is 6.61 Å². The van der Waals surface area contributed by atoms with E-state index < -0.39 is 0 Å². The second-order valence-electron chi connectivity index (χ2n) is 5.11. The van der Waals surface area contributed by atoms with E-state index in [1.165, 1.54) is 32.0 Å². The molecule has 0 radical (unpaired) electrons. The van der Waals surface area contributed by atoms with Crippen molar-refractivity contribution < 1.29 is 9.90 Å². The highest BCUT2D eigenvalue weighted by Gasteiger charge is 2.39. The Bertz CT molecular complexity index is 220. The van der Waals surface area contributed by atoms with Gasteiger partial charge in [0.25, 0.3) is 0 Å². The molecule has 2 rings (SSSR count). The average molecular weight is 211 g/mol. The maximum absolute atomic E-state index is 11.2. The van der Waals surface area contributed by atoms with E-state index in [-0.39, 0.29) is 12.0 Å². The molecule has 0 atom stereocenters. The first-order valence-corrected chi connectivity index (χ1v) is 6.11. The van der Waals surface area contributed by atoms with E-state index >= 15 is 0 Å². The van der Waals surface area contributed by atoms with Crippen LogP contribution >= 0.6 is 0 Å². The lowest BCUT2D eigenvalue weighted by Crippen LogP contribution is -2.40. The third-order valence-electron chi connectivity index (χ3n) is 3.82. The van der Waals surface area contributed by atoms with Crippen molar-refractivity contribution in [3.05, 3.63) is 0 Å². The maximum Gasteiger partial charge on any atom is 0.127 e. The summed E-state index contributed by atoms with van der Waals surface area (Å²) in [5.74, 6) is 0. The molecule has 0 unspecified atom stereocenters. The number of rotatable bonds is 6. The normalized spacial score (nSPS) is 24.7. The maximum atomic E-state index is 11.2. The molecule has 3 nitrogen and oxygen atoms in total. The summed E-state index contributed by atoms with van der Waals surface area (Å²) in [7, 11) is 0. The first-order valence-electron chi connectivity index (χ1n) is 6.11. The summed E-state index contributed by atoms with van der Waals surface area (Å²) < 4.78 is 0.